The molecule has 5 nitrogen and oxygen atoms in total. The van der Waals surface area contributed by atoms with Crippen molar-refractivity contribution in [3.05, 3.63) is 47.8 Å². The van der Waals surface area contributed by atoms with Crippen LogP contribution in [0.3, 0.4) is 0 Å². The summed E-state index contributed by atoms with van der Waals surface area (Å²) in [5.41, 5.74) is 0.201. The summed E-state index contributed by atoms with van der Waals surface area (Å²) in [5.74, 6) is 0.148. The maximum atomic E-state index is 12.2. The molecule has 0 aromatic heterocycles. The number of halogens is 1. The highest BCUT2D eigenvalue weighted by atomic mass is 35.5. The summed E-state index contributed by atoms with van der Waals surface area (Å²) in [4.78, 5) is 3.45. The quantitative estimate of drug-likeness (QED) is 0.642. The van der Waals surface area contributed by atoms with Crippen LogP contribution in [-0.4, -0.2) is 22.2 Å². The molecule has 0 aliphatic carbocycles. The van der Waals surface area contributed by atoms with Gasteiger partial charge in [-0.25, -0.2) is 8.42 Å². The van der Waals surface area contributed by atoms with Crippen molar-refractivity contribution in [1.82, 2.24) is 4.72 Å². The van der Waals surface area contributed by atoms with Gasteiger partial charge in [0.05, 0.1) is 19.0 Å². The van der Waals surface area contributed by atoms with E-state index in [1.54, 1.807) is 0 Å². The molecule has 0 atom stereocenters. The normalized spacial score (nSPS) is 11.0. The Morgan fingerprint density at radius 2 is 2.05 bits per heavy atom. The van der Waals surface area contributed by atoms with Crippen LogP contribution >= 0.6 is 11.6 Å². The van der Waals surface area contributed by atoms with Gasteiger partial charge in [0.15, 0.2) is 0 Å². The Morgan fingerprint density at radius 1 is 1.43 bits per heavy atom. The molecule has 21 heavy (non-hydrogen) atoms. The monoisotopic (exact) mass is 330 g/mol. The molecule has 0 saturated heterocycles. The molecule has 0 unspecified atom stereocenters. The predicted octanol–water partition coefficient (Wildman–Crippen LogP) is 3.38. The number of aliphatic imine (C=N–C) groups is 1. The van der Waals surface area contributed by atoms with Crippen LogP contribution in [0.15, 0.2) is 52.6 Å². The number of sulfonamides is 1. The Hall–Kier alpha value is -1.79. The van der Waals surface area contributed by atoms with Crippen LogP contribution in [0.25, 0.3) is 0 Å². The largest absolute Gasteiger partial charge is 0.495 e. The molecule has 0 saturated carbocycles. The first-order valence-corrected chi connectivity index (χ1v) is 7.95. The fourth-order valence-electron chi connectivity index (χ4n) is 1.29. The van der Waals surface area contributed by atoms with Crippen LogP contribution in [0.4, 0.5) is 0 Å². The van der Waals surface area contributed by atoms with Gasteiger partial charge in [-0.2, -0.15) is 0 Å². The van der Waals surface area contributed by atoms with Crippen molar-refractivity contribution in [3.63, 3.8) is 0 Å². The molecule has 1 aromatic rings. The van der Waals surface area contributed by atoms with Gasteiger partial charge in [0, 0.05) is 11.1 Å². The first-order valence-electron chi connectivity index (χ1n) is 6.09. The Labute approximate surface area is 131 Å². The molecule has 1 N–H and O–H groups in total. The third-order valence-corrected chi connectivity index (χ3v) is 3.77. The zero-order chi connectivity index (χ0) is 16.5. The second-order valence-corrected chi connectivity index (χ2v) is 5.46. The fraction of sp³-hybridized carbons (Fsp3) is 0.214. The van der Waals surface area contributed by atoms with Gasteiger partial charge in [0.1, 0.15) is 10.6 Å². The summed E-state index contributed by atoms with van der Waals surface area (Å²) < 4.78 is 31.7. The average Bonchev–Trinajstić information content (AvgIpc) is 2.48. The lowest BCUT2D eigenvalue weighted by atomic mass is 10.3. The Bertz CT molecular complexity index is 625. The highest BCUT2D eigenvalue weighted by Gasteiger charge is 2.20. The van der Waals surface area contributed by atoms with Gasteiger partial charge >= 0.3 is 0 Å². The molecule has 0 amide bonds. The van der Waals surface area contributed by atoms with Crippen molar-refractivity contribution in [2.75, 3.05) is 7.11 Å². The average molecular weight is 331 g/mol. The van der Waals surface area contributed by atoms with E-state index in [1.165, 1.54) is 37.6 Å². The standard InChI is InChI=1S/C12H13ClN2O3S.C2H6/c1-4-10(8-14-2)15-19(16,17)12-6-5-9(13)7-11(12)18-3;1-2/h4-8,15H,1-2H2,3H3;1-2H3/b10-8+;. The van der Waals surface area contributed by atoms with Crippen LogP contribution < -0.4 is 9.46 Å². The lowest BCUT2D eigenvalue weighted by molar-refractivity contribution is 0.402. The maximum Gasteiger partial charge on any atom is 0.265 e. The smallest absolute Gasteiger partial charge is 0.265 e. The topological polar surface area (TPSA) is 67.8 Å². The molecule has 0 radical (unpaired) electrons. The van der Waals surface area contributed by atoms with E-state index in [2.05, 4.69) is 23.0 Å². The lowest BCUT2D eigenvalue weighted by Crippen LogP contribution is -2.22. The molecule has 0 aliphatic rings. The van der Waals surface area contributed by atoms with Gasteiger partial charge in [-0.05, 0) is 24.9 Å². The van der Waals surface area contributed by atoms with Crippen molar-refractivity contribution < 1.29 is 13.2 Å². The van der Waals surface area contributed by atoms with E-state index in [-0.39, 0.29) is 16.3 Å². The number of nitrogens with zero attached hydrogens (tertiary/aromatic N) is 1. The van der Waals surface area contributed by atoms with Gasteiger partial charge in [0.25, 0.3) is 10.0 Å². The molecular formula is C14H19ClN2O3S. The third kappa shape index (κ3) is 5.61. The molecule has 7 heteroatoms. The molecule has 1 rings (SSSR count). The third-order valence-electron chi connectivity index (χ3n) is 2.12. The summed E-state index contributed by atoms with van der Waals surface area (Å²) in [6.07, 6.45) is 2.56. The van der Waals surface area contributed by atoms with Crippen LogP contribution in [0.1, 0.15) is 13.8 Å². The van der Waals surface area contributed by atoms with Gasteiger partial charge in [0.2, 0.25) is 0 Å². The Kier molecular flexibility index (Phi) is 8.42. The van der Waals surface area contributed by atoms with E-state index in [4.69, 9.17) is 16.3 Å². The molecule has 0 bridgehead atoms. The number of rotatable bonds is 6. The zero-order valence-corrected chi connectivity index (χ0v) is 13.8. The van der Waals surface area contributed by atoms with Crippen molar-refractivity contribution in [1.29, 1.82) is 0 Å². The van der Waals surface area contributed by atoms with E-state index in [0.29, 0.717) is 5.02 Å². The first-order chi connectivity index (χ1) is 9.94. The van der Waals surface area contributed by atoms with Crippen LogP contribution in [0.5, 0.6) is 5.75 Å². The molecule has 0 spiro atoms. The molecule has 0 aliphatic heterocycles. The number of ether oxygens (including phenoxy) is 1. The lowest BCUT2D eigenvalue weighted by Gasteiger charge is -2.11. The molecule has 1 aromatic carbocycles. The van der Waals surface area contributed by atoms with Crippen LogP contribution in [0, 0.1) is 0 Å². The Morgan fingerprint density at radius 3 is 2.52 bits per heavy atom. The number of benzene rings is 1. The van der Waals surface area contributed by atoms with Crippen LogP contribution in [-0.2, 0) is 10.0 Å². The SMILES string of the molecule is C=C/C(=C\N=C)NS(=O)(=O)c1ccc(Cl)cc1OC.CC. The van der Waals surface area contributed by atoms with E-state index >= 15 is 0 Å². The summed E-state index contributed by atoms with van der Waals surface area (Å²) in [5, 5.41) is 0.378. The summed E-state index contributed by atoms with van der Waals surface area (Å²) in [7, 11) is -2.45. The summed E-state index contributed by atoms with van der Waals surface area (Å²) >= 11 is 5.78. The number of nitrogens with one attached hydrogen (secondary N) is 1. The van der Waals surface area contributed by atoms with E-state index in [1.807, 2.05) is 13.8 Å². The van der Waals surface area contributed by atoms with Crippen molar-refractivity contribution in [2.45, 2.75) is 18.7 Å². The number of hydrogen-bond acceptors (Lipinski definition) is 4. The predicted molar refractivity (Wildman–Crippen MR) is 87.5 cm³/mol. The minimum atomic E-state index is -3.81. The maximum absolute atomic E-state index is 12.2. The second kappa shape index (κ2) is 9.20. The zero-order valence-electron chi connectivity index (χ0n) is 12.3. The Balaban J connectivity index is 0.00000191. The van der Waals surface area contributed by atoms with E-state index in [9.17, 15) is 8.42 Å². The van der Waals surface area contributed by atoms with Gasteiger partial charge in [-0.3, -0.25) is 9.71 Å². The molecule has 0 fully saturated rings. The molecule has 116 valence electrons. The van der Waals surface area contributed by atoms with Gasteiger partial charge < -0.3 is 4.74 Å². The fourth-order valence-corrected chi connectivity index (χ4v) is 2.67. The number of hydrogen-bond donors (Lipinski definition) is 1. The first kappa shape index (κ1) is 19.2. The summed E-state index contributed by atoms with van der Waals surface area (Å²) in [6.45, 7) is 10.7. The van der Waals surface area contributed by atoms with Crippen molar-refractivity contribution in [3.8, 4) is 5.75 Å². The highest BCUT2D eigenvalue weighted by Crippen LogP contribution is 2.27. The minimum absolute atomic E-state index is 0.0313. The number of methoxy groups -OCH3 is 1. The van der Waals surface area contributed by atoms with E-state index < -0.39 is 10.0 Å². The summed E-state index contributed by atoms with van der Waals surface area (Å²) in [6, 6.07) is 4.23. The van der Waals surface area contributed by atoms with Gasteiger partial charge in [-0.1, -0.05) is 32.0 Å². The molecule has 0 heterocycles. The van der Waals surface area contributed by atoms with Crippen molar-refractivity contribution >= 4 is 28.3 Å². The molecular weight excluding hydrogens is 312 g/mol. The number of allylic oxidation sites excluding steroid dienone is 1. The van der Waals surface area contributed by atoms with Gasteiger partial charge in [-0.15, -0.1) is 0 Å². The highest BCUT2D eigenvalue weighted by molar-refractivity contribution is 7.89. The van der Waals surface area contributed by atoms with Crippen molar-refractivity contribution in [2.24, 2.45) is 4.99 Å². The van der Waals surface area contributed by atoms with E-state index in [0.717, 1.165) is 0 Å². The minimum Gasteiger partial charge on any atom is -0.495 e. The second-order valence-electron chi connectivity index (χ2n) is 3.37. The van der Waals surface area contributed by atoms with Crippen LogP contribution in [0.2, 0.25) is 5.02 Å².